The second kappa shape index (κ2) is 9.73. The Morgan fingerprint density at radius 1 is 0.906 bits per heavy atom. The Morgan fingerprint density at radius 3 is 2.06 bits per heavy atom. The van der Waals surface area contributed by atoms with Gasteiger partial charge in [-0.1, -0.05) is 29.8 Å². The first kappa shape index (κ1) is 23.1. The molecule has 1 N–H and O–H groups in total. The number of hydrogen-bond donors (Lipinski definition) is 1. The van der Waals surface area contributed by atoms with Gasteiger partial charge in [-0.25, -0.2) is 8.42 Å². The number of benzene rings is 3. The minimum Gasteiger partial charge on any atom is -0.496 e. The zero-order chi connectivity index (χ0) is 23.3. The van der Waals surface area contributed by atoms with Crippen LogP contribution in [0, 0.1) is 18.3 Å². The smallest absolute Gasteiger partial charge is 0.241 e. The van der Waals surface area contributed by atoms with Gasteiger partial charge >= 0.3 is 0 Å². The lowest BCUT2D eigenvalue weighted by atomic mass is 9.96. The molecule has 0 fully saturated rings. The first-order valence-electron chi connectivity index (χ1n) is 9.72. The average Bonchev–Trinajstić information content (AvgIpc) is 2.82. The lowest BCUT2D eigenvalue weighted by Crippen LogP contribution is -2.30. The monoisotopic (exact) mass is 452 g/mol. The van der Waals surface area contributed by atoms with Crippen LogP contribution in [-0.4, -0.2) is 29.7 Å². The van der Waals surface area contributed by atoms with Crippen molar-refractivity contribution in [2.75, 3.05) is 21.3 Å². The highest BCUT2D eigenvalue weighted by molar-refractivity contribution is 7.89. The van der Waals surface area contributed by atoms with Crippen molar-refractivity contribution < 1.29 is 22.6 Å². The maximum absolute atomic E-state index is 13.3. The third kappa shape index (κ3) is 4.85. The molecule has 32 heavy (non-hydrogen) atoms. The fourth-order valence-corrected chi connectivity index (χ4v) is 4.53. The van der Waals surface area contributed by atoms with E-state index in [9.17, 15) is 13.7 Å². The molecule has 3 rings (SSSR count). The Balaban J connectivity index is 2.23. The van der Waals surface area contributed by atoms with Crippen LogP contribution in [0.1, 0.15) is 28.3 Å². The number of nitriles is 1. The molecule has 1 unspecified atom stereocenters. The molecule has 8 heteroatoms. The lowest BCUT2D eigenvalue weighted by Gasteiger charge is -2.24. The van der Waals surface area contributed by atoms with E-state index in [0.717, 1.165) is 5.56 Å². The molecule has 3 aromatic rings. The molecule has 0 spiro atoms. The van der Waals surface area contributed by atoms with Gasteiger partial charge < -0.3 is 14.2 Å². The molecule has 0 heterocycles. The number of ether oxygens (including phenoxy) is 3. The van der Waals surface area contributed by atoms with Gasteiger partial charge in [0.05, 0.1) is 49.5 Å². The molecule has 3 aromatic carbocycles. The molecule has 0 saturated heterocycles. The van der Waals surface area contributed by atoms with Crippen LogP contribution in [0.2, 0.25) is 0 Å². The number of nitrogens with zero attached hydrogens (tertiary/aromatic N) is 1. The summed E-state index contributed by atoms with van der Waals surface area (Å²) in [5.74, 6) is 1.24. The Labute approximate surface area is 188 Å². The van der Waals surface area contributed by atoms with Gasteiger partial charge in [0.25, 0.3) is 0 Å². The summed E-state index contributed by atoms with van der Waals surface area (Å²) in [6.07, 6.45) is 0. The van der Waals surface area contributed by atoms with E-state index in [-0.39, 0.29) is 4.90 Å². The average molecular weight is 453 g/mol. The molecule has 0 aliphatic rings. The fourth-order valence-electron chi connectivity index (χ4n) is 3.34. The molecular formula is C24H24N2O5S. The maximum Gasteiger partial charge on any atom is 0.241 e. The van der Waals surface area contributed by atoms with E-state index in [1.54, 1.807) is 60.7 Å². The Hall–Kier alpha value is -3.54. The molecule has 0 saturated carbocycles. The van der Waals surface area contributed by atoms with Crippen molar-refractivity contribution in [3.05, 3.63) is 82.9 Å². The quantitative estimate of drug-likeness (QED) is 0.556. The second-order valence-electron chi connectivity index (χ2n) is 7.05. The van der Waals surface area contributed by atoms with E-state index in [4.69, 9.17) is 14.2 Å². The molecule has 0 bridgehead atoms. The number of nitrogens with one attached hydrogen (secondary N) is 1. The van der Waals surface area contributed by atoms with E-state index in [2.05, 4.69) is 10.8 Å². The SMILES string of the molecule is COc1cc(OC)c(C(NS(=O)(=O)c2ccc(C)cc2)c2cccc(C#N)c2)c(OC)c1. The van der Waals surface area contributed by atoms with Crippen LogP contribution in [0.3, 0.4) is 0 Å². The Bertz CT molecular complexity index is 1220. The van der Waals surface area contributed by atoms with Gasteiger partial charge in [-0.2, -0.15) is 9.98 Å². The van der Waals surface area contributed by atoms with Crippen LogP contribution in [0.15, 0.2) is 65.6 Å². The van der Waals surface area contributed by atoms with Crippen LogP contribution < -0.4 is 18.9 Å². The summed E-state index contributed by atoms with van der Waals surface area (Å²) in [5, 5.41) is 9.37. The molecule has 0 aromatic heterocycles. The zero-order valence-electron chi connectivity index (χ0n) is 18.2. The van der Waals surface area contributed by atoms with Gasteiger partial charge in [0.1, 0.15) is 17.2 Å². The largest absolute Gasteiger partial charge is 0.496 e. The number of aryl methyl sites for hydroxylation is 1. The predicted octanol–water partition coefficient (Wildman–Crippen LogP) is 3.96. The van der Waals surface area contributed by atoms with Crippen molar-refractivity contribution in [3.63, 3.8) is 0 Å². The van der Waals surface area contributed by atoms with E-state index >= 15 is 0 Å². The second-order valence-corrected chi connectivity index (χ2v) is 8.76. The van der Waals surface area contributed by atoms with Crippen molar-refractivity contribution >= 4 is 10.0 Å². The molecule has 0 amide bonds. The highest BCUT2D eigenvalue weighted by Crippen LogP contribution is 2.41. The number of sulfonamides is 1. The van der Waals surface area contributed by atoms with E-state index < -0.39 is 16.1 Å². The van der Waals surface area contributed by atoms with Gasteiger partial charge in [0, 0.05) is 12.1 Å². The van der Waals surface area contributed by atoms with Gasteiger partial charge in [-0.3, -0.25) is 0 Å². The highest BCUT2D eigenvalue weighted by Gasteiger charge is 2.29. The van der Waals surface area contributed by atoms with Gasteiger partial charge in [0.2, 0.25) is 10.0 Å². The Morgan fingerprint density at radius 2 is 1.53 bits per heavy atom. The molecule has 0 aliphatic carbocycles. The van der Waals surface area contributed by atoms with E-state index in [1.807, 2.05) is 6.92 Å². The van der Waals surface area contributed by atoms with Crippen LogP contribution in [0.5, 0.6) is 17.2 Å². The van der Waals surface area contributed by atoms with Crippen LogP contribution in [0.4, 0.5) is 0 Å². The standard InChI is InChI=1S/C24H24N2O5S/c1-16-8-10-20(11-9-16)32(27,28)26-24(18-7-5-6-17(12-18)15-25)23-21(30-3)13-19(29-2)14-22(23)31-4/h5-14,24,26H,1-4H3. The normalized spacial score (nSPS) is 12.0. The summed E-state index contributed by atoms with van der Waals surface area (Å²) in [6.45, 7) is 1.88. The summed E-state index contributed by atoms with van der Waals surface area (Å²) in [4.78, 5) is 0.121. The number of rotatable bonds is 8. The number of methoxy groups -OCH3 is 3. The van der Waals surface area contributed by atoms with Crippen LogP contribution in [0.25, 0.3) is 0 Å². The summed E-state index contributed by atoms with van der Waals surface area (Å²) < 4.78 is 45.8. The third-order valence-corrected chi connectivity index (χ3v) is 6.43. The minimum atomic E-state index is -3.93. The summed E-state index contributed by atoms with van der Waals surface area (Å²) in [5.41, 5.74) is 2.36. The molecule has 1 atom stereocenters. The predicted molar refractivity (Wildman–Crippen MR) is 121 cm³/mol. The lowest BCUT2D eigenvalue weighted by molar-refractivity contribution is 0.365. The van der Waals surface area contributed by atoms with Crippen molar-refractivity contribution in [1.82, 2.24) is 4.72 Å². The summed E-state index contributed by atoms with van der Waals surface area (Å²) in [6, 6.07) is 17.8. The van der Waals surface area contributed by atoms with E-state index in [0.29, 0.717) is 33.9 Å². The molecule has 7 nitrogen and oxygen atoms in total. The third-order valence-electron chi connectivity index (χ3n) is 5.00. The molecule has 166 valence electrons. The minimum absolute atomic E-state index is 0.121. The molecular weight excluding hydrogens is 428 g/mol. The maximum atomic E-state index is 13.3. The van der Waals surface area contributed by atoms with Crippen molar-refractivity contribution in [2.24, 2.45) is 0 Å². The van der Waals surface area contributed by atoms with Crippen molar-refractivity contribution in [2.45, 2.75) is 17.9 Å². The van der Waals surface area contributed by atoms with E-state index in [1.165, 1.54) is 21.3 Å². The first-order chi connectivity index (χ1) is 15.3. The van der Waals surface area contributed by atoms with Crippen molar-refractivity contribution in [1.29, 1.82) is 5.26 Å². The topological polar surface area (TPSA) is 97.6 Å². The van der Waals surface area contributed by atoms with Gasteiger partial charge in [-0.15, -0.1) is 0 Å². The Kier molecular flexibility index (Phi) is 7.03. The fraction of sp³-hybridized carbons (Fsp3) is 0.208. The molecule has 0 aliphatic heterocycles. The zero-order valence-corrected chi connectivity index (χ0v) is 19.1. The number of hydrogen-bond acceptors (Lipinski definition) is 6. The van der Waals surface area contributed by atoms with Crippen LogP contribution >= 0.6 is 0 Å². The summed E-state index contributed by atoms with van der Waals surface area (Å²) >= 11 is 0. The van der Waals surface area contributed by atoms with Crippen molar-refractivity contribution in [3.8, 4) is 23.3 Å². The molecule has 0 radical (unpaired) electrons. The highest BCUT2D eigenvalue weighted by atomic mass is 32.2. The summed E-state index contributed by atoms with van der Waals surface area (Å²) in [7, 11) is 0.545. The van der Waals surface area contributed by atoms with Gasteiger partial charge in [0.15, 0.2) is 0 Å². The first-order valence-corrected chi connectivity index (χ1v) is 11.2. The van der Waals surface area contributed by atoms with Crippen LogP contribution in [-0.2, 0) is 10.0 Å². The van der Waals surface area contributed by atoms with Gasteiger partial charge in [-0.05, 0) is 36.8 Å².